The Labute approximate surface area is 159 Å². The third kappa shape index (κ3) is 4.92. The highest BCUT2D eigenvalue weighted by Gasteiger charge is 2.24. The van der Waals surface area contributed by atoms with Crippen LogP contribution in [0.3, 0.4) is 0 Å². The Kier molecular flexibility index (Phi) is 6.46. The number of hydrogen-bond donors (Lipinski definition) is 6. The van der Waals surface area contributed by atoms with Crippen LogP contribution >= 0.6 is 0 Å². The van der Waals surface area contributed by atoms with E-state index < -0.39 is 36.1 Å². The molecule has 0 aliphatic heterocycles. The molecule has 2 aromatic rings. The van der Waals surface area contributed by atoms with Gasteiger partial charge in [-0.15, -0.1) is 0 Å². The third-order valence-corrected chi connectivity index (χ3v) is 3.87. The van der Waals surface area contributed by atoms with E-state index in [1.54, 1.807) is 0 Å². The summed E-state index contributed by atoms with van der Waals surface area (Å²) in [6, 6.07) is 6.26. The third-order valence-electron chi connectivity index (χ3n) is 3.87. The van der Waals surface area contributed by atoms with Crippen molar-refractivity contribution < 1.29 is 45.0 Å². The molecule has 1 atom stereocenters. The van der Waals surface area contributed by atoms with E-state index in [-0.39, 0.29) is 29.0 Å². The van der Waals surface area contributed by atoms with Crippen molar-refractivity contribution in [3.05, 3.63) is 53.1 Å². The van der Waals surface area contributed by atoms with Gasteiger partial charge < -0.3 is 35.4 Å². The highest BCUT2D eigenvalue weighted by atomic mass is 16.6. The average Bonchev–Trinajstić information content (AvgIpc) is 2.65. The van der Waals surface area contributed by atoms with E-state index in [0.717, 1.165) is 12.1 Å². The van der Waals surface area contributed by atoms with Gasteiger partial charge in [0.05, 0.1) is 6.61 Å². The second-order valence-electron chi connectivity index (χ2n) is 5.78. The predicted molar refractivity (Wildman–Crippen MR) is 95.7 cm³/mol. The molecule has 0 saturated heterocycles. The summed E-state index contributed by atoms with van der Waals surface area (Å²) in [5.41, 5.74) is 0.480. The van der Waals surface area contributed by atoms with Crippen LogP contribution in [0.2, 0.25) is 0 Å². The molecule has 0 radical (unpaired) electrons. The number of aliphatic hydroxyl groups excluding tert-OH is 1. The molecule has 0 spiro atoms. The summed E-state index contributed by atoms with van der Waals surface area (Å²) in [5, 5.41) is 56.5. The summed E-state index contributed by atoms with van der Waals surface area (Å²) in [6.45, 7) is -0.653. The number of benzene rings is 2. The highest BCUT2D eigenvalue weighted by molar-refractivity contribution is 5.89. The number of phenolic OH excluding ortho intramolecular Hbond substituents is 3. The smallest absolute Gasteiger partial charge is 0.345 e. The number of carboxylic acids is 1. The van der Waals surface area contributed by atoms with Gasteiger partial charge in [0.15, 0.2) is 23.0 Å². The van der Waals surface area contributed by atoms with E-state index in [1.165, 1.54) is 30.3 Å². The van der Waals surface area contributed by atoms with Crippen LogP contribution in [0.15, 0.2) is 36.4 Å². The number of rotatable bonds is 7. The van der Waals surface area contributed by atoms with Crippen molar-refractivity contribution in [1.82, 2.24) is 0 Å². The number of aliphatic hydroxyl groups is 1. The largest absolute Gasteiger partial charge is 0.504 e. The summed E-state index contributed by atoms with van der Waals surface area (Å²) in [6.07, 6.45) is 0.243. The lowest BCUT2D eigenvalue weighted by Crippen LogP contribution is -2.29. The van der Waals surface area contributed by atoms with E-state index in [1.807, 2.05) is 0 Å². The SMILES string of the molecule is O=C(C=Cc1ccc(O)c(O)c1)OC(Cc1ccc(O)c(O)c1CO)C(=O)O. The van der Waals surface area contributed by atoms with Crippen molar-refractivity contribution in [2.45, 2.75) is 19.1 Å². The van der Waals surface area contributed by atoms with Gasteiger partial charge in [-0.1, -0.05) is 12.1 Å². The minimum Gasteiger partial charge on any atom is -0.504 e. The zero-order chi connectivity index (χ0) is 20.8. The molecule has 148 valence electrons. The molecule has 0 aliphatic rings. The Balaban J connectivity index is 2.13. The van der Waals surface area contributed by atoms with Gasteiger partial charge in [0.2, 0.25) is 6.10 Å². The van der Waals surface area contributed by atoms with E-state index in [0.29, 0.717) is 5.56 Å². The zero-order valence-corrected chi connectivity index (χ0v) is 14.4. The molecule has 9 heteroatoms. The number of ether oxygens (including phenoxy) is 1. The first-order chi connectivity index (χ1) is 13.2. The van der Waals surface area contributed by atoms with Crippen LogP contribution in [0.4, 0.5) is 0 Å². The van der Waals surface area contributed by atoms with Crippen LogP contribution in [0.1, 0.15) is 16.7 Å². The molecule has 6 N–H and O–H groups in total. The normalized spacial score (nSPS) is 12.0. The van der Waals surface area contributed by atoms with Gasteiger partial charge in [-0.3, -0.25) is 0 Å². The Morgan fingerprint density at radius 3 is 2.29 bits per heavy atom. The van der Waals surface area contributed by atoms with Gasteiger partial charge in [0.1, 0.15) is 0 Å². The Hall–Kier alpha value is -3.72. The molecule has 1 unspecified atom stereocenters. The lowest BCUT2D eigenvalue weighted by Gasteiger charge is -2.16. The lowest BCUT2D eigenvalue weighted by atomic mass is 10.0. The molecule has 2 rings (SSSR count). The molecule has 0 aromatic heterocycles. The number of esters is 1. The van der Waals surface area contributed by atoms with Gasteiger partial charge in [-0.05, 0) is 35.4 Å². The number of phenols is 4. The Morgan fingerprint density at radius 2 is 1.68 bits per heavy atom. The summed E-state index contributed by atoms with van der Waals surface area (Å²) in [7, 11) is 0. The fourth-order valence-electron chi connectivity index (χ4n) is 2.40. The van der Waals surface area contributed by atoms with Crippen LogP contribution < -0.4 is 0 Å². The van der Waals surface area contributed by atoms with Crippen molar-refractivity contribution in [3.8, 4) is 23.0 Å². The van der Waals surface area contributed by atoms with E-state index >= 15 is 0 Å². The first-order valence-corrected chi connectivity index (χ1v) is 8.00. The summed E-state index contributed by atoms with van der Waals surface area (Å²) >= 11 is 0. The van der Waals surface area contributed by atoms with E-state index in [2.05, 4.69) is 0 Å². The fourth-order valence-corrected chi connectivity index (χ4v) is 2.40. The zero-order valence-electron chi connectivity index (χ0n) is 14.4. The standard InChI is InChI=1S/C19H18O9/c20-9-12-11(3-5-14(22)18(12)25)8-16(19(26)27)28-17(24)6-2-10-1-4-13(21)15(23)7-10/h1-7,16,20-23,25H,8-9H2,(H,26,27). The molecule has 9 nitrogen and oxygen atoms in total. The molecule has 0 heterocycles. The maximum atomic E-state index is 11.9. The van der Waals surface area contributed by atoms with Crippen LogP contribution in [-0.4, -0.2) is 48.7 Å². The maximum Gasteiger partial charge on any atom is 0.345 e. The minimum atomic E-state index is -1.61. The van der Waals surface area contributed by atoms with Crippen molar-refractivity contribution in [1.29, 1.82) is 0 Å². The minimum absolute atomic E-state index is 0.0718. The quantitative estimate of drug-likeness (QED) is 0.232. The second-order valence-corrected chi connectivity index (χ2v) is 5.78. The molecule has 0 bridgehead atoms. The second kappa shape index (κ2) is 8.78. The summed E-state index contributed by atoms with van der Waals surface area (Å²) < 4.78 is 4.90. The Bertz CT molecular complexity index is 918. The first kappa shape index (κ1) is 20.6. The monoisotopic (exact) mass is 390 g/mol. The number of hydrogen-bond acceptors (Lipinski definition) is 8. The van der Waals surface area contributed by atoms with Crippen molar-refractivity contribution in [2.24, 2.45) is 0 Å². The van der Waals surface area contributed by atoms with E-state index in [4.69, 9.17) is 4.74 Å². The van der Waals surface area contributed by atoms with Gasteiger partial charge in [-0.2, -0.15) is 0 Å². The van der Waals surface area contributed by atoms with Crippen molar-refractivity contribution in [2.75, 3.05) is 0 Å². The maximum absolute atomic E-state index is 11.9. The molecule has 0 amide bonds. The first-order valence-electron chi connectivity index (χ1n) is 8.00. The van der Waals surface area contributed by atoms with Gasteiger partial charge in [0.25, 0.3) is 0 Å². The highest BCUT2D eigenvalue weighted by Crippen LogP contribution is 2.32. The van der Waals surface area contributed by atoms with Crippen molar-refractivity contribution in [3.63, 3.8) is 0 Å². The van der Waals surface area contributed by atoms with E-state index in [9.17, 15) is 40.2 Å². The molecule has 2 aromatic carbocycles. The van der Waals surface area contributed by atoms with Crippen LogP contribution in [-0.2, 0) is 27.4 Å². The molecule has 0 fully saturated rings. The molecule has 0 aliphatic carbocycles. The van der Waals surface area contributed by atoms with Crippen LogP contribution in [0.25, 0.3) is 6.08 Å². The molecular weight excluding hydrogens is 372 g/mol. The molecule has 0 saturated carbocycles. The number of carbonyl (C=O) groups is 2. The van der Waals surface area contributed by atoms with Gasteiger partial charge >= 0.3 is 11.9 Å². The van der Waals surface area contributed by atoms with Crippen LogP contribution in [0, 0.1) is 0 Å². The number of aromatic hydroxyl groups is 4. The number of aliphatic carboxylic acids is 1. The summed E-state index contributed by atoms with van der Waals surface area (Å²) in [5.74, 6) is -4.20. The molecular formula is C19H18O9. The van der Waals surface area contributed by atoms with Crippen molar-refractivity contribution >= 4 is 18.0 Å². The number of carbonyl (C=O) groups excluding carboxylic acids is 1. The lowest BCUT2D eigenvalue weighted by molar-refractivity contribution is -0.160. The topological polar surface area (TPSA) is 165 Å². The Morgan fingerprint density at radius 1 is 1.00 bits per heavy atom. The number of carboxylic acid groups (broad SMARTS) is 1. The fraction of sp³-hybridized carbons (Fsp3) is 0.158. The average molecular weight is 390 g/mol. The van der Waals surface area contributed by atoms with Gasteiger partial charge in [-0.25, -0.2) is 9.59 Å². The van der Waals surface area contributed by atoms with Crippen LogP contribution in [0.5, 0.6) is 23.0 Å². The predicted octanol–water partition coefficient (Wildman–Crippen LogP) is 1.25. The summed E-state index contributed by atoms with van der Waals surface area (Å²) in [4.78, 5) is 23.3. The van der Waals surface area contributed by atoms with Gasteiger partial charge in [0, 0.05) is 18.1 Å². The molecule has 28 heavy (non-hydrogen) atoms.